The molecule has 0 radical (unpaired) electrons. The van der Waals surface area contributed by atoms with E-state index >= 15 is 0 Å². The number of phosphoric ester groups is 1. The topological polar surface area (TPSA) is 173 Å². The predicted molar refractivity (Wildman–Crippen MR) is 203 cm³/mol. The van der Waals surface area contributed by atoms with Gasteiger partial charge in [-0.15, -0.1) is 0 Å². The minimum absolute atomic E-state index is 0.00145. The van der Waals surface area contributed by atoms with E-state index in [-0.39, 0.29) is 18.8 Å². The van der Waals surface area contributed by atoms with Gasteiger partial charge >= 0.3 is 7.82 Å². The minimum Gasteiger partial charge on any atom is -0.382 e. The summed E-state index contributed by atoms with van der Waals surface area (Å²) >= 11 is 0. The fourth-order valence-corrected chi connectivity index (χ4v) is 9.36. The molecule has 3 N–H and O–H groups in total. The molecule has 1 spiro atoms. The van der Waals surface area contributed by atoms with Crippen LogP contribution in [0.3, 0.4) is 0 Å². The molecule has 7 unspecified atom stereocenters. The quantitative estimate of drug-likeness (QED) is 0.0693. The smallest absolute Gasteiger partial charge is 0.382 e. The van der Waals surface area contributed by atoms with Crippen molar-refractivity contribution < 1.29 is 41.8 Å². The van der Waals surface area contributed by atoms with Crippen LogP contribution >= 0.6 is 7.82 Å². The summed E-state index contributed by atoms with van der Waals surface area (Å²) in [5, 5.41) is 13.6. The lowest BCUT2D eigenvalue weighted by molar-refractivity contribution is -0.186. The average Bonchev–Trinajstić information content (AvgIpc) is 3.53. The number of fused-ring (bicyclic) bond motifs is 1. The summed E-state index contributed by atoms with van der Waals surface area (Å²) in [4.78, 5) is 15.1. The molecule has 3 fully saturated rings. The Balaban J connectivity index is 1.04. The van der Waals surface area contributed by atoms with Gasteiger partial charge < -0.3 is 29.6 Å². The molecule has 1 aromatic carbocycles. The number of rotatable bonds is 23. The lowest BCUT2D eigenvalue weighted by Gasteiger charge is -2.25. The SMILES string of the molecule is CCCCCCCCCCCCCCCC(COP(=O)(O)OC1C2(C)OC(c3ccc4c(N)ncnn34)C3OC(C)(C)OC312)OCc1cc(F)cc(C#N)c1. The molecule has 3 aromatic rings. The predicted octanol–water partition coefficient (Wildman–Crippen LogP) is 8.63. The maximum absolute atomic E-state index is 14.2. The zero-order valence-electron chi connectivity index (χ0n) is 32.6. The van der Waals surface area contributed by atoms with Gasteiger partial charge in [-0.2, -0.15) is 10.4 Å². The van der Waals surface area contributed by atoms with E-state index in [1.807, 2.05) is 12.1 Å². The highest BCUT2D eigenvalue weighted by Gasteiger charge is 2.92. The van der Waals surface area contributed by atoms with Crippen molar-refractivity contribution in [3.63, 3.8) is 0 Å². The number of hydrogen-bond donors (Lipinski definition) is 2. The molecular formula is C40H57FN5O8P. The fourth-order valence-electron chi connectivity index (χ4n) is 8.32. The van der Waals surface area contributed by atoms with Crippen LogP contribution in [0.5, 0.6) is 0 Å². The average molecular weight is 786 g/mol. The third-order valence-electron chi connectivity index (χ3n) is 11.1. The van der Waals surface area contributed by atoms with Gasteiger partial charge in [-0.3, -0.25) is 9.05 Å². The van der Waals surface area contributed by atoms with Crippen LogP contribution in [0.4, 0.5) is 10.2 Å². The summed E-state index contributed by atoms with van der Waals surface area (Å²) in [5.41, 5.74) is 5.66. The van der Waals surface area contributed by atoms with Crippen molar-refractivity contribution in [1.82, 2.24) is 14.6 Å². The zero-order chi connectivity index (χ0) is 39.3. The monoisotopic (exact) mass is 785 g/mol. The van der Waals surface area contributed by atoms with E-state index in [2.05, 4.69) is 17.0 Å². The first-order valence-corrected chi connectivity index (χ1v) is 21.4. The molecule has 2 aliphatic heterocycles. The molecule has 1 saturated carbocycles. The Morgan fingerprint density at radius 2 is 1.69 bits per heavy atom. The number of nitrogens with zero attached hydrogens (tertiary/aromatic N) is 4. The Morgan fingerprint density at radius 1 is 1.02 bits per heavy atom. The van der Waals surface area contributed by atoms with Gasteiger partial charge in [0.2, 0.25) is 0 Å². The van der Waals surface area contributed by atoms with E-state index in [0.717, 1.165) is 31.7 Å². The van der Waals surface area contributed by atoms with E-state index in [9.17, 15) is 19.1 Å². The number of ether oxygens (including phenoxy) is 4. The van der Waals surface area contributed by atoms with E-state index in [1.54, 1.807) is 37.4 Å². The highest BCUT2D eigenvalue weighted by molar-refractivity contribution is 7.47. The van der Waals surface area contributed by atoms with Crippen LogP contribution in [-0.2, 0) is 39.2 Å². The summed E-state index contributed by atoms with van der Waals surface area (Å²) in [6.45, 7) is 7.32. The van der Waals surface area contributed by atoms with Gasteiger partial charge in [0.05, 0.1) is 36.6 Å². The van der Waals surface area contributed by atoms with E-state index in [4.69, 9.17) is 33.7 Å². The van der Waals surface area contributed by atoms with E-state index in [0.29, 0.717) is 29.0 Å². The fraction of sp³-hybridized carbons (Fsp3) is 0.675. The maximum atomic E-state index is 14.2. The summed E-state index contributed by atoms with van der Waals surface area (Å²) in [7, 11) is -4.69. The van der Waals surface area contributed by atoms with Crippen molar-refractivity contribution in [2.75, 3.05) is 12.3 Å². The van der Waals surface area contributed by atoms with Crippen LogP contribution in [0.1, 0.15) is 141 Å². The summed E-state index contributed by atoms with van der Waals surface area (Å²) in [6, 6.07) is 9.62. The second-order valence-corrected chi connectivity index (χ2v) is 17.3. The lowest BCUT2D eigenvalue weighted by atomic mass is 10.0. The second-order valence-electron chi connectivity index (χ2n) is 15.9. The molecule has 3 aliphatic rings. The van der Waals surface area contributed by atoms with Gasteiger partial charge in [0.15, 0.2) is 17.2 Å². The maximum Gasteiger partial charge on any atom is 0.472 e. The molecule has 15 heteroatoms. The van der Waals surface area contributed by atoms with Crippen molar-refractivity contribution in [1.29, 1.82) is 5.26 Å². The van der Waals surface area contributed by atoms with Crippen LogP contribution in [0.25, 0.3) is 5.52 Å². The number of nitrogen functional groups attached to an aromatic ring is 1. The van der Waals surface area contributed by atoms with Crippen LogP contribution in [0.2, 0.25) is 0 Å². The molecule has 0 amide bonds. The third kappa shape index (κ3) is 9.43. The molecule has 7 atom stereocenters. The lowest BCUT2D eigenvalue weighted by Crippen LogP contribution is -2.33. The van der Waals surface area contributed by atoms with Crippen LogP contribution in [-0.4, -0.2) is 61.4 Å². The number of hydrogen-bond acceptors (Lipinski definition) is 11. The standard InChI is InChI=1S/C40H57FN5O8P/c1-5-6-7-8-9-10-11-12-13-14-15-16-17-18-31(49-25-29-21-28(24-42)22-30(41)23-29)26-50-55(47,48)53-37-39(4)40(37)35(52-38(2,3)54-40)34(51-39)32-19-20-33-36(43)44-27-45-46(32)33/h19-23,27,31,34-35,37H,5-18,25-26H2,1-4H3,(H,47,48)(H2,43,44,45). The number of nitrogens with two attached hydrogens (primary N) is 1. The van der Waals surface area contributed by atoms with Gasteiger partial charge in [0.1, 0.15) is 41.6 Å². The molecule has 55 heavy (non-hydrogen) atoms. The summed E-state index contributed by atoms with van der Waals surface area (Å²) in [6.07, 6.45) is 14.7. The Labute approximate surface area is 323 Å². The van der Waals surface area contributed by atoms with Crippen LogP contribution < -0.4 is 5.73 Å². The first-order chi connectivity index (χ1) is 26.3. The van der Waals surface area contributed by atoms with Crippen LogP contribution in [0.15, 0.2) is 36.7 Å². The summed E-state index contributed by atoms with van der Waals surface area (Å²) < 4.78 is 66.2. The minimum atomic E-state index is -4.69. The Morgan fingerprint density at radius 3 is 2.36 bits per heavy atom. The Hall–Kier alpha value is -2.99. The normalized spacial score (nSPS) is 26.7. The van der Waals surface area contributed by atoms with Crippen LogP contribution in [0, 0.1) is 17.1 Å². The molecule has 2 aromatic heterocycles. The second kappa shape index (κ2) is 17.7. The number of phosphoric acid groups is 1. The van der Waals surface area contributed by atoms with Crippen molar-refractivity contribution in [2.45, 2.75) is 166 Å². The molecule has 1 aliphatic carbocycles. The van der Waals surface area contributed by atoms with E-state index in [1.165, 1.54) is 70.2 Å². The summed E-state index contributed by atoms with van der Waals surface area (Å²) in [5.74, 6) is -1.26. The molecule has 4 heterocycles. The Bertz CT molecular complexity index is 1860. The zero-order valence-corrected chi connectivity index (χ0v) is 33.5. The van der Waals surface area contributed by atoms with Gasteiger partial charge in [0, 0.05) is 0 Å². The molecular weight excluding hydrogens is 728 g/mol. The van der Waals surface area contributed by atoms with Gasteiger partial charge in [-0.05, 0) is 63.1 Å². The molecule has 0 bridgehead atoms. The number of benzene rings is 1. The van der Waals surface area contributed by atoms with Crippen molar-refractivity contribution in [3.8, 4) is 6.07 Å². The number of halogens is 1. The highest BCUT2D eigenvalue weighted by Crippen LogP contribution is 2.74. The first-order valence-electron chi connectivity index (χ1n) is 19.9. The van der Waals surface area contributed by atoms with Crippen molar-refractivity contribution >= 4 is 19.2 Å². The van der Waals surface area contributed by atoms with Gasteiger partial charge in [-0.25, -0.2) is 18.5 Å². The molecule has 13 nitrogen and oxygen atoms in total. The largest absolute Gasteiger partial charge is 0.472 e. The van der Waals surface area contributed by atoms with E-state index < -0.39 is 55.0 Å². The first kappa shape index (κ1) is 41.6. The number of anilines is 1. The number of nitriles is 1. The molecule has 6 rings (SSSR count). The van der Waals surface area contributed by atoms with Gasteiger partial charge in [-0.1, -0.05) is 90.4 Å². The van der Waals surface area contributed by atoms with Gasteiger partial charge in [0.25, 0.3) is 0 Å². The number of aromatic nitrogens is 3. The molecule has 2 saturated heterocycles. The number of unbranched alkanes of at least 4 members (excludes halogenated alkanes) is 12. The highest BCUT2D eigenvalue weighted by atomic mass is 31.2. The Kier molecular flexibility index (Phi) is 13.4. The van der Waals surface area contributed by atoms with Crippen molar-refractivity contribution in [3.05, 3.63) is 59.3 Å². The third-order valence-corrected chi connectivity index (χ3v) is 12.1. The van der Waals surface area contributed by atoms with Crippen molar-refractivity contribution in [2.24, 2.45) is 0 Å². The molecule has 302 valence electrons.